The van der Waals surface area contributed by atoms with Gasteiger partial charge in [0.05, 0.1) is 24.7 Å². The monoisotopic (exact) mass is 478 g/mol. The molecule has 34 heavy (non-hydrogen) atoms. The largest absolute Gasteiger partial charge is 0.394 e. The fourth-order valence-corrected chi connectivity index (χ4v) is 5.13. The van der Waals surface area contributed by atoms with Gasteiger partial charge in [0.25, 0.3) is 0 Å². The molecule has 4 atom stereocenters. The second-order valence-electron chi connectivity index (χ2n) is 10.7. The third kappa shape index (κ3) is 6.81. The normalized spacial score (nSPS) is 23.8. The van der Waals surface area contributed by atoms with Crippen LogP contribution in [0.2, 0.25) is 0 Å². The molecule has 2 saturated heterocycles. The van der Waals surface area contributed by atoms with Crippen LogP contribution >= 0.6 is 0 Å². The number of carbonyl (C=O) groups excluding carboxylic acids is 3. The molecule has 2 fully saturated rings. The third-order valence-electron chi connectivity index (χ3n) is 7.39. The maximum absolute atomic E-state index is 13.6. The minimum Gasteiger partial charge on any atom is -0.394 e. The summed E-state index contributed by atoms with van der Waals surface area (Å²) in [5, 5.41) is 12.6. The first-order valence-corrected chi connectivity index (χ1v) is 12.9. The lowest BCUT2D eigenvalue weighted by Crippen LogP contribution is -2.57. The minimum atomic E-state index is -0.629. The van der Waals surface area contributed by atoms with E-state index in [0.29, 0.717) is 12.1 Å². The number of rotatable bonds is 9. The predicted octanol–water partition coefficient (Wildman–Crippen LogP) is 2.02. The highest BCUT2D eigenvalue weighted by Crippen LogP contribution is 2.22. The Bertz CT molecular complexity index is 751. The molecule has 0 radical (unpaired) electrons. The number of hydrogen-bond acceptors (Lipinski definition) is 5. The number of amides is 3. The third-order valence-corrected chi connectivity index (χ3v) is 7.39. The summed E-state index contributed by atoms with van der Waals surface area (Å²) in [5.41, 5.74) is 0.577. The molecule has 8 nitrogen and oxygen atoms in total. The molecule has 2 unspecified atom stereocenters. The minimum absolute atomic E-state index is 0.0308. The molecular weight excluding hydrogens is 432 g/mol. The van der Waals surface area contributed by atoms with Crippen molar-refractivity contribution in [3.05, 3.63) is 11.6 Å². The first-order valence-electron chi connectivity index (χ1n) is 12.9. The van der Waals surface area contributed by atoms with Gasteiger partial charge < -0.3 is 20.2 Å². The van der Waals surface area contributed by atoms with Crippen molar-refractivity contribution >= 4 is 17.7 Å². The number of nitrogens with one attached hydrogen (secondary N) is 1. The van der Waals surface area contributed by atoms with E-state index in [9.17, 15) is 19.5 Å². The molecule has 0 bridgehead atoms. The van der Waals surface area contributed by atoms with Crippen LogP contribution in [0.3, 0.4) is 0 Å². The van der Waals surface area contributed by atoms with E-state index in [1.54, 1.807) is 23.8 Å². The van der Waals surface area contributed by atoms with E-state index in [1.807, 2.05) is 40.8 Å². The lowest BCUT2D eigenvalue weighted by Gasteiger charge is -2.36. The van der Waals surface area contributed by atoms with Crippen LogP contribution in [0, 0.1) is 11.8 Å². The van der Waals surface area contributed by atoms with Crippen LogP contribution in [0.15, 0.2) is 11.6 Å². The van der Waals surface area contributed by atoms with Gasteiger partial charge in [0, 0.05) is 19.2 Å². The van der Waals surface area contributed by atoms with Crippen LogP contribution in [0.1, 0.15) is 66.7 Å². The van der Waals surface area contributed by atoms with Gasteiger partial charge in [-0.05, 0) is 58.0 Å². The average molecular weight is 479 g/mol. The summed E-state index contributed by atoms with van der Waals surface area (Å²) < 4.78 is 0. The molecule has 8 heteroatoms. The van der Waals surface area contributed by atoms with Gasteiger partial charge in [-0.2, -0.15) is 0 Å². The zero-order chi connectivity index (χ0) is 25.6. The summed E-state index contributed by atoms with van der Waals surface area (Å²) in [5.74, 6) is -0.308. The van der Waals surface area contributed by atoms with Gasteiger partial charge in [-0.25, -0.2) is 0 Å². The van der Waals surface area contributed by atoms with E-state index in [0.717, 1.165) is 38.6 Å². The fraction of sp³-hybridized carbons (Fsp3) is 0.808. The Kier molecular flexibility index (Phi) is 10.6. The van der Waals surface area contributed by atoms with Gasteiger partial charge in [-0.1, -0.05) is 40.2 Å². The number of aliphatic hydroxyl groups excluding tert-OH is 1. The molecule has 2 heterocycles. The summed E-state index contributed by atoms with van der Waals surface area (Å²) in [6.07, 6.45) is 6.49. The van der Waals surface area contributed by atoms with Crippen molar-refractivity contribution in [1.29, 1.82) is 0 Å². The Balaban J connectivity index is 2.17. The van der Waals surface area contributed by atoms with Gasteiger partial charge in [0.1, 0.15) is 6.04 Å². The highest BCUT2D eigenvalue weighted by Gasteiger charge is 2.35. The Labute approximate surface area is 205 Å². The number of aliphatic hydroxyl groups is 1. The molecule has 2 aliphatic heterocycles. The van der Waals surface area contributed by atoms with Gasteiger partial charge in [-0.15, -0.1) is 0 Å². The van der Waals surface area contributed by atoms with Crippen molar-refractivity contribution in [2.24, 2.45) is 11.8 Å². The van der Waals surface area contributed by atoms with Crippen LogP contribution in [0.5, 0.6) is 0 Å². The first-order chi connectivity index (χ1) is 16.0. The molecule has 2 rings (SSSR count). The Hall–Kier alpha value is -1.93. The summed E-state index contributed by atoms with van der Waals surface area (Å²) in [6, 6.07) is -1.25. The summed E-state index contributed by atoms with van der Waals surface area (Å²) in [4.78, 5) is 45.1. The van der Waals surface area contributed by atoms with E-state index in [4.69, 9.17) is 0 Å². The van der Waals surface area contributed by atoms with Crippen molar-refractivity contribution in [2.75, 3.05) is 33.8 Å². The van der Waals surface area contributed by atoms with Gasteiger partial charge in [0.15, 0.2) is 0 Å². The quantitative estimate of drug-likeness (QED) is 0.495. The van der Waals surface area contributed by atoms with E-state index in [2.05, 4.69) is 10.2 Å². The van der Waals surface area contributed by atoms with Crippen LogP contribution < -0.4 is 5.32 Å². The zero-order valence-corrected chi connectivity index (χ0v) is 22.2. The van der Waals surface area contributed by atoms with Crippen LogP contribution in [0.25, 0.3) is 0 Å². The molecular formula is C26H46N4O4. The first kappa shape index (κ1) is 28.3. The van der Waals surface area contributed by atoms with Crippen molar-refractivity contribution < 1.29 is 19.5 Å². The van der Waals surface area contributed by atoms with Gasteiger partial charge >= 0.3 is 0 Å². The smallest absolute Gasteiger partial charge is 0.249 e. The highest BCUT2D eigenvalue weighted by atomic mass is 16.3. The number of likely N-dealkylation sites (N-methyl/N-ethyl adjacent to an activating group) is 2. The molecule has 0 aromatic carbocycles. The zero-order valence-electron chi connectivity index (χ0n) is 22.2. The second-order valence-corrected chi connectivity index (χ2v) is 10.7. The van der Waals surface area contributed by atoms with Crippen LogP contribution in [-0.2, 0) is 14.4 Å². The molecule has 2 aliphatic rings. The lowest BCUT2D eigenvalue weighted by atomic mass is 9.96. The van der Waals surface area contributed by atoms with Gasteiger partial charge in [-0.3, -0.25) is 19.3 Å². The maximum atomic E-state index is 13.6. The number of hydrogen-bond donors (Lipinski definition) is 2. The fourth-order valence-electron chi connectivity index (χ4n) is 5.13. The SMILES string of the molecule is C/C(=C\[C@H](C(C)C)N(C)C(=O)C(NC(=O)C1CCCCN1C)C(C)C)C(=O)N1CCC[C@H]1CO. The van der Waals surface area contributed by atoms with Gasteiger partial charge in [0.2, 0.25) is 17.7 Å². The standard InChI is InChI=1S/C26H46N4O4/c1-17(2)22(15-19(5)25(33)30-14-10-11-20(30)16-31)29(7)26(34)23(18(3)4)27-24(32)21-12-8-9-13-28(21)6/h15,17-18,20-23,31H,8-14,16H2,1-7H3,(H,27,32)/b19-15+/t20-,21?,22+,23?/m0/s1. The van der Waals surface area contributed by atoms with Crippen LogP contribution in [0.4, 0.5) is 0 Å². The average Bonchev–Trinajstić information content (AvgIpc) is 3.28. The Morgan fingerprint density at radius 2 is 1.74 bits per heavy atom. The van der Waals surface area contributed by atoms with Crippen molar-refractivity contribution in [3.8, 4) is 0 Å². The maximum Gasteiger partial charge on any atom is 0.249 e. The van der Waals surface area contributed by atoms with Crippen molar-refractivity contribution in [3.63, 3.8) is 0 Å². The molecule has 0 spiro atoms. The topological polar surface area (TPSA) is 93.2 Å². The predicted molar refractivity (Wildman–Crippen MR) is 134 cm³/mol. The number of nitrogens with zero attached hydrogens (tertiary/aromatic N) is 3. The second kappa shape index (κ2) is 12.7. The molecule has 3 amide bonds. The summed E-state index contributed by atoms with van der Waals surface area (Å²) >= 11 is 0. The number of likely N-dealkylation sites (tertiary alicyclic amines) is 2. The summed E-state index contributed by atoms with van der Waals surface area (Å²) in [7, 11) is 3.71. The number of carbonyl (C=O) groups is 3. The Morgan fingerprint density at radius 1 is 1.06 bits per heavy atom. The molecule has 0 saturated carbocycles. The van der Waals surface area contributed by atoms with E-state index in [-0.39, 0.29) is 54.3 Å². The molecule has 194 valence electrons. The Morgan fingerprint density at radius 3 is 2.29 bits per heavy atom. The summed E-state index contributed by atoms with van der Waals surface area (Å²) in [6.45, 7) is 11.2. The van der Waals surface area contributed by atoms with Crippen LogP contribution in [-0.4, -0.2) is 95.5 Å². The molecule has 0 aliphatic carbocycles. The van der Waals surface area contributed by atoms with E-state index in [1.165, 1.54) is 0 Å². The van der Waals surface area contributed by atoms with E-state index >= 15 is 0 Å². The molecule has 0 aromatic rings. The molecule has 0 aromatic heterocycles. The van der Waals surface area contributed by atoms with E-state index < -0.39 is 6.04 Å². The van der Waals surface area contributed by atoms with Crippen molar-refractivity contribution in [1.82, 2.24) is 20.0 Å². The highest BCUT2D eigenvalue weighted by molar-refractivity contribution is 5.94. The number of piperidine rings is 1. The lowest BCUT2D eigenvalue weighted by molar-refractivity contribution is -0.139. The molecule has 2 N–H and O–H groups in total. The van der Waals surface area contributed by atoms with Crippen molar-refractivity contribution in [2.45, 2.75) is 90.9 Å².